The minimum absolute atomic E-state index is 0.0747. The number of nitrogens with two attached hydrogens (primary N) is 1. The number of hydrogen-bond donors (Lipinski definition) is 1. The number of rotatable bonds is 3. The molecule has 6 heteroatoms. The Bertz CT molecular complexity index is 582. The standard InChI is InChI=1S/C12H11N3O3/c1-18-9-4-2-8(3-5-9)12-10(15(16)17)6-7-11(13)14-12/h2-7H,1H3,(H2,13,14). The van der Waals surface area contributed by atoms with Crippen LogP contribution in [0.15, 0.2) is 36.4 Å². The van der Waals surface area contributed by atoms with Crippen LogP contribution >= 0.6 is 0 Å². The molecule has 0 amide bonds. The Balaban J connectivity index is 2.54. The Morgan fingerprint density at radius 1 is 1.22 bits per heavy atom. The molecule has 18 heavy (non-hydrogen) atoms. The lowest BCUT2D eigenvalue weighted by Gasteiger charge is -2.04. The topological polar surface area (TPSA) is 91.3 Å². The van der Waals surface area contributed by atoms with Crippen molar-refractivity contribution >= 4 is 11.5 Å². The van der Waals surface area contributed by atoms with Crippen LogP contribution in [0.2, 0.25) is 0 Å². The fraction of sp³-hybridized carbons (Fsp3) is 0.0833. The van der Waals surface area contributed by atoms with Crippen LogP contribution in [-0.2, 0) is 0 Å². The number of pyridine rings is 1. The van der Waals surface area contributed by atoms with E-state index >= 15 is 0 Å². The molecule has 0 fully saturated rings. The van der Waals surface area contributed by atoms with Gasteiger partial charge in [-0.2, -0.15) is 0 Å². The number of nitrogen functional groups attached to an aromatic ring is 1. The van der Waals surface area contributed by atoms with E-state index < -0.39 is 4.92 Å². The lowest BCUT2D eigenvalue weighted by molar-refractivity contribution is -0.384. The summed E-state index contributed by atoms with van der Waals surface area (Å²) in [6.07, 6.45) is 0. The van der Waals surface area contributed by atoms with E-state index in [0.717, 1.165) is 0 Å². The van der Waals surface area contributed by atoms with Gasteiger partial charge >= 0.3 is 0 Å². The van der Waals surface area contributed by atoms with E-state index in [9.17, 15) is 10.1 Å². The van der Waals surface area contributed by atoms with Gasteiger partial charge in [0.1, 0.15) is 11.6 Å². The van der Waals surface area contributed by atoms with Crippen LogP contribution in [0.5, 0.6) is 5.75 Å². The maximum atomic E-state index is 10.9. The molecule has 0 aliphatic heterocycles. The molecule has 0 unspecified atom stereocenters. The minimum atomic E-state index is -0.480. The average Bonchev–Trinajstić information content (AvgIpc) is 2.38. The zero-order valence-corrected chi connectivity index (χ0v) is 9.66. The predicted octanol–water partition coefficient (Wildman–Crippen LogP) is 2.25. The second-order valence-electron chi connectivity index (χ2n) is 3.59. The summed E-state index contributed by atoms with van der Waals surface area (Å²) >= 11 is 0. The third-order valence-electron chi connectivity index (χ3n) is 2.46. The average molecular weight is 245 g/mol. The Labute approximate surface area is 103 Å². The molecule has 0 atom stereocenters. The van der Waals surface area contributed by atoms with Gasteiger partial charge in [0.15, 0.2) is 5.69 Å². The summed E-state index contributed by atoms with van der Waals surface area (Å²) in [5.41, 5.74) is 6.36. The van der Waals surface area contributed by atoms with Gasteiger partial charge < -0.3 is 10.5 Å². The minimum Gasteiger partial charge on any atom is -0.497 e. The van der Waals surface area contributed by atoms with Crippen LogP contribution in [0.25, 0.3) is 11.3 Å². The molecule has 0 aliphatic carbocycles. The van der Waals surface area contributed by atoms with Gasteiger partial charge in [-0.3, -0.25) is 10.1 Å². The van der Waals surface area contributed by atoms with Gasteiger partial charge in [0, 0.05) is 11.6 Å². The first-order valence-electron chi connectivity index (χ1n) is 5.17. The van der Waals surface area contributed by atoms with Crippen molar-refractivity contribution in [3.05, 3.63) is 46.5 Å². The third kappa shape index (κ3) is 2.22. The number of aromatic nitrogens is 1. The molecule has 92 valence electrons. The van der Waals surface area contributed by atoms with Crippen molar-refractivity contribution in [3.8, 4) is 17.0 Å². The van der Waals surface area contributed by atoms with Crippen LogP contribution in [0.1, 0.15) is 0 Å². The molecule has 0 bridgehead atoms. The van der Waals surface area contributed by atoms with E-state index in [0.29, 0.717) is 11.3 Å². The van der Waals surface area contributed by atoms with Crippen molar-refractivity contribution in [2.45, 2.75) is 0 Å². The highest BCUT2D eigenvalue weighted by atomic mass is 16.6. The summed E-state index contributed by atoms with van der Waals surface area (Å²) in [6.45, 7) is 0. The monoisotopic (exact) mass is 245 g/mol. The van der Waals surface area contributed by atoms with Crippen molar-refractivity contribution < 1.29 is 9.66 Å². The van der Waals surface area contributed by atoms with Gasteiger partial charge in [-0.15, -0.1) is 0 Å². The van der Waals surface area contributed by atoms with Gasteiger partial charge in [0.05, 0.1) is 12.0 Å². The van der Waals surface area contributed by atoms with Gasteiger partial charge in [-0.05, 0) is 30.3 Å². The Morgan fingerprint density at radius 2 is 1.89 bits per heavy atom. The molecule has 2 N–H and O–H groups in total. The van der Waals surface area contributed by atoms with Gasteiger partial charge in [0.25, 0.3) is 5.69 Å². The van der Waals surface area contributed by atoms with Crippen LogP contribution in [0.4, 0.5) is 11.5 Å². The van der Waals surface area contributed by atoms with E-state index in [-0.39, 0.29) is 17.2 Å². The number of nitrogens with zero attached hydrogens (tertiary/aromatic N) is 2. The fourth-order valence-corrected chi connectivity index (χ4v) is 1.58. The second-order valence-corrected chi connectivity index (χ2v) is 3.59. The van der Waals surface area contributed by atoms with Gasteiger partial charge in [-0.25, -0.2) is 4.98 Å². The number of methoxy groups -OCH3 is 1. The quantitative estimate of drug-likeness (QED) is 0.661. The van der Waals surface area contributed by atoms with Crippen LogP contribution in [0.3, 0.4) is 0 Å². The highest BCUT2D eigenvalue weighted by molar-refractivity contribution is 5.71. The number of anilines is 1. The predicted molar refractivity (Wildman–Crippen MR) is 67.3 cm³/mol. The summed E-state index contributed by atoms with van der Waals surface area (Å²) in [6, 6.07) is 9.59. The first-order chi connectivity index (χ1) is 8.61. The van der Waals surface area contributed by atoms with E-state index in [1.165, 1.54) is 12.1 Å². The van der Waals surface area contributed by atoms with Gasteiger partial charge in [0.2, 0.25) is 0 Å². The largest absolute Gasteiger partial charge is 0.497 e. The van der Waals surface area contributed by atoms with Crippen molar-refractivity contribution in [1.29, 1.82) is 0 Å². The van der Waals surface area contributed by atoms with Crippen molar-refractivity contribution in [2.75, 3.05) is 12.8 Å². The Hall–Kier alpha value is -2.63. The summed E-state index contributed by atoms with van der Waals surface area (Å²) in [4.78, 5) is 14.5. The normalized spacial score (nSPS) is 10.1. The lowest BCUT2D eigenvalue weighted by Crippen LogP contribution is -1.98. The molecule has 0 spiro atoms. The molecule has 1 heterocycles. The summed E-state index contributed by atoms with van der Waals surface area (Å²) in [7, 11) is 1.55. The number of nitro groups is 1. The summed E-state index contributed by atoms with van der Waals surface area (Å²) in [5.74, 6) is 0.914. The number of benzene rings is 1. The summed E-state index contributed by atoms with van der Waals surface area (Å²) in [5, 5.41) is 10.9. The molecule has 0 radical (unpaired) electrons. The maximum absolute atomic E-state index is 10.9. The Morgan fingerprint density at radius 3 is 2.44 bits per heavy atom. The Kier molecular flexibility index (Phi) is 3.09. The molecule has 1 aromatic carbocycles. The SMILES string of the molecule is COc1ccc(-c2nc(N)ccc2[N+](=O)[O-])cc1. The van der Waals surface area contributed by atoms with E-state index in [1.54, 1.807) is 31.4 Å². The molecule has 2 aromatic rings. The van der Waals surface area contributed by atoms with Crippen molar-refractivity contribution in [1.82, 2.24) is 4.98 Å². The van der Waals surface area contributed by atoms with Crippen molar-refractivity contribution in [2.24, 2.45) is 0 Å². The molecule has 2 rings (SSSR count). The third-order valence-corrected chi connectivity index (χ3v) is 2.46. The fourth-order valence-electron chi connectivity index (χ4n) is 1.58. The van der Waals surface area contributed by atoms with Gasteiger partial charge in [-0.1, -0.05) is 0 Å². The van der Waals surface area contributed by atoms with E-state index in [1.807, 2.05) is 0 Å². The molecule has 0 saturated carbocycles. The first kappa shape index (κ1) is 11.8. The zero-order chi connectivity index (χ0) is 13.1. The molecular formula is C12H11N3O3. The summed E-state index contributed by atoms with van der Waals surface area (Å²) < 4.78 is 5.03. The van der Waals surface area contributed by atoms with Crippen molar-refractivity contribution in [3.63, 3.8) is 0 Å². The van der Waals surface area contributed by atoms with Crippen LogP contribution < -0.4 is 10.5 Å². The van der Waals surface area contributed by atoms with Crippen LogP contribution in [-0.4, -0.2) is 17.0 Å². The molecule has 0 aliphatic rings. The molecular weight excluding hydrogens is 234 g/mol. The highest BCUT2D eigenvalue weighted by Crippen LogP contribution is 2.29. The van der Waals surface area contributed by atoms with Crippen LogP contribution in [0, 0.1) is 10.1 Å². The number of ether oxygens (including phenoxy) is 1. The molecule has 0 saturated heterocycles. The maximum Gasteiger partial charge on any atom is 0.295 e. The highest BCUT2D eigenvalue weighted by Gasteiger charge is 2.17. The first-order valence-corrected chi connectivity index (χ1v) is 5.17. The lowest BCUT2D eigenvalue weighted by atomic mass is 10.1. The molecule has 1 aromatic heterocycles. The second kappa shape index (κ2) is 4.70. The molecule has 6 nitrogen and oxygen atoms in total. The van der Waals surface area contributed by atoms with E-state index in [4.69, 9.17) is 10.5 Å². The number of hydrogen-bond acceptors (Lipinski definition) is 5. The smallest absolute Gasteiger partial charge is 0.295 e. The van der Waals surface area contributed by atoms with E-state index in [2.05, 4.69) is 4.98 Å². The zero-order valence-electron chi connectivity index (χ0n) is 9.66.